The lowest BCUT2D eigenvalue weighted by atomic mass is 10.1. The lowest BCUT2D eigenvalue weighted by Gasteiger charge is -2.29. The van der Waals surface area contributed by atoms with Crippen molar-refractivity contribution in [2.24, 2.45) is 0 Å². The number of rotatable bonds is 5. The number of nitrogens with one attached hydrogen (secondary N) is 1. The summed E-state index contributed by atoms with van der Waals surface area (Å²) in [6.07, 6.45) is 2.44. The van der Waals surface area contributed by atoms with Crippen LogP contribution in [0.5, 0.6) is 0 Å². The molecule has 0 radical (unpaired) electrons. The van der Waals surface area contributed by atoms with Crippen LogP contribution >= 0.6 is 0 Å². The fourth-order valence-electron chi connectivity index (χ4n) is 2.62. The molecule has 2 rings (SSSR count). The number of hydrogen-bond donors (Lipinski definition) is 1. The fourth-order valence-corrected chi connectivity index (χ4v) is 2.62. The number of pyridine rings is 1. The third-order valence-corrected chi connectivity index (χ3v) is 3.78. The molecule has 1 N–H and O–H groups in total. The summed E-state index contributed by atoms with van der Waals surface area (Å²) in [5.41, 5.74) is 0.889. The zero-order chi connectivity index (χ0) is 14.7. The normalized spacial score (nSPS) is 22.5. The molecular formula is C15H24FN3O. The molecule has 1 aliphatic rings. The van der Waals surface area contributed by atoms with Crippen LogP contribution in [0.4, 0.5) is 10.2 Å². The predicted molar refractivity (Wildman–Crippen MR) is 78.4 cm³/mol. The van der Waals surface area contributed by atoms with Crippen molar-refractivity contribution in [3.63, 3.8) is 0 Å². The first-order valence-electron chi connectivity index (χ1n) is 7.21. The number of hydrogen-bond acceptors (Lipinski definition) is 4. The molecule has 1 fully saturated rings. The average molecular weight is 281 g/mol. The van der Waals surface area contributed by atoms with E-state index >= 15 is 0 Å². The summed E-state index contributed by atoms with van der Waals surface area (Å²) in [5.74, 6) is 0.542. The Hall–Kier alpha value is -1.20. The maximum atomic E-state index is 13.5. The highest BCUT2D eigenvalue weighted by molar-refractivity contribution is 5.47. The highest BCUT2D eigenvalue weighted by Crippen LogP contribution is 2.26. The van der Waals surface area contributed by atoms with Crippen molar-refractivity contribution in [3.05, 3.63) is 23.6 Å². The van der Waals surface area contributed by atoms with Gasteiger partial charge < -0.3 is 15.0 Å². The Morgan fingerprint density at radius 1 is 1.55 bits per heavy atom. The van der Waals surface area contributed by atoms with Crippen molar-refractivity contribution in [3.8, 4) is 0 Å². The zero-order valence-electron chi connectivity index (χ0n) is 12.7. The molecule has 20 heavy (non-hydrogen) atoms. The maximum absolute atomic E-state index is 13.5. The first-order valence-corrected chi connectivity index (χ1v) is 7.21. The highest BCUT2D eigenvalue weighted by atomic mass is 19.1. The number of ether oxygens (including phenoxy) is 1. The van der Waals surface area contributed by atoms with Crippen LogP contribution in [0, 0.1) is 5.82 Å². The molecule has 1 aromatic rings. The summed E-state index contributed by atoms with van der Waals surface area (Å²) in [7, 11) is 2.01. The molecule has 0 amide bonds. The number of anilines is 1. The molecule has 0 aromatic carbocycles. The average Bonchev–Trinajstić information content (AvgIpc) is 2.82. The Morgan fingerprint density at radius 2 is 2.30 bits per heavy atom. The second kappa shape index (κ2) is 6.50. The van der Waals surface area contributed by atoms with Gasteiger partial charge in [0.1, 0.15) is 11.6 Å². The lowest BCUT2D eigenvalue weighted by molar-refractivity contribution is 0.118. The largest absolute Gasteiger partial charge is 0.376 e. The molecule has 2 heterocycles. The van der Waals surface area contributed by atoms with Gasteiger partial charge in [-0.15, -0.1) is 0 Å². The van der Waals surface area contributed by atoms with Crippen molar-refractivity contribution in [1.29, 1.82) is 0 Å². The molecule has 0 saturated carbocycles. The minimum atomic E-state index is -0.293. The number of halogens is 1. The van der Waals surface area contributed by atoms with Gasteiger partial charge in [0.25, 0.3) is 0 Å². The summed E-state index contributed by atoms with van der Waals surface area (Å²) in [6.45, 7) is 7.61. The van der Waals surface area contributed by atoms with Crippen molar-refractivity contribution in [2.45, 2.75) is 51.9 Å². The third kappa shape index (κ3) is 3.46. The van der Waals surface area contributed by atoms with Crippen molar-refractivity contribution in [2.75, 3.05) is 18.6 Å². The van der Waals surface area contributed by atoms with Gasteiger partial charge in [-0.25, -0.2) is 9.37 Å². The van der Waals surface area contributed by atoms with E-state index < -0.39 is 0 Å². The quantitative estimate of drug-likeness (QED) is 0.899. The SMILES string of the molecule is CC(C)NCc1cc(F)cnc1N(C)C1CCOC1C. The molecule has 2 atom stereocenters. The summed E-state index contributed by atoms with van der Waals surface area (Å²) in [4.78, 5) is 6.41. The van der Waals surface area contributed by atoms with Crippen LogP contribution in [0.3, 0.4) is 0 Å². The zero-order valence-corrected chi connectivity index (χ0v) is 12.7. The van der Waals surface area contributed by atoms with E-state index in [1.165, 1.54) is 6.20 Å². The lowest BCUT2D eigenvalue weighted by Crippen LogP contribution is -2.38. The first-order chi connectivity index (χ1) is 9.49. The predicted octanol–water partition coefficient (Wildman–Crippen LogP) is 2.33. The molecule has 112 valence electrons. The molecule has 0 aliphatic carbocycles. The van der Waals surface area contributed by atoms with Gasteiger partial charge in [0.15, 0.2) is 0 Å². The Morgan fingerprint density at radius 3 is 2.90 bits per heavy atom. The Balaban J connectivity index is 2.20. The van der Waals surface area contributed by atoms with Crippen molar-refractivity contribution >= 4 is 5.82 Å². The van der Waals surface area contributed by atoms with Crippen LogP contribution in [0.25, 0.3) is 0 Å². The van der Waals surface area contributed by atoms with Gasteiger partial charge in [0.05, 0.1) is 18.3 Å². The van der Waals surface area contributed by atoms with E-state index in [9.17, 15) is 4.39 Å². The van der Waals surface area contributed by atoms with E-state index in [1.54, 1.807) is 6.07 Å². The molecule has 4 nitrogen and oxygen atoms in total. The maximum Gasteiger partial charge on any atom is 0.141 e. The van der Waals surface area contributed by atoms with E-state index in [4.69, 9.17) is 4.74 Å². The molecule has 2 unspecified atom stereocenters. The van der Waals surface area contributed by atoms with Crippen molar-refractivity contribution < 1.29 is 9.13 Å². The van der Waals surface area contributed by atoms with Crippen LogP contribution in [0.15, 0.2) is 12.3 Å². The molecule has 0 bridgehead atoms. The van der Waals surface area contributed by atoms with Crippen molar-refractivity contribution in [1.82, 2.24) is 10.3 Å². The Bertz CT molecular complexity index is 453. The summed E-state index contributed by atoms with van der Waals surface area (Å²) in [5, 5.41) is 3.32. The molecule has 5 heteroatoms. The van der Waals surface area contributed by atoms with E-state index in [2.05, 4.69) is 36.0 Å². The van der Waals surface area contributed by atoms with Crippen LogP contribution in [0.1, 0.15) is 32.8 Å². The molecule has 0 spiro atoms. The number of nitrogens with zero attached hydrogens (tertiary/aromatic N) is 2. The van der Waals surface area contributed by atoms with Gasteiger partial charge in [0.2, 0.25) is 0 Å². The van der Waals surface area contributed by atoms with Crippen LogP contribution in [0.2, 0.25) is 0 Å². The highest BCUT2D eigenvalue weighted by Gasteiger charge is 2.29. The smallest absolute Gasteiger partial charge is 0.141 e. The third-order valence-electron chi connectivity index (χ3n) is 3.78. The topological polar surface area (TPSA) is 37.4 Å². The van der Waals surface area contributed by atoms with Gasteiger partial charge in [-0.05, 0) is 19.4 Å². The Labute approximate surface area is 120 Å². The first kappa shape index (κ1) is 15.2. The molecule has 1 aromatic heterocycles. The monoisotopic (exact) mass is 281 g/mol. The summed E-state index contributed by atoms with van der Waals surface area (Å²) >= 11 is 0. The van der Waals surface area contributed by atoms with E-state index in [0.29, 0.717) is 18.6 Å². The number of aromatic nitrogens is 1. The standard InChI is InChI=1S/C15H24FN3O/c1-10(2)17-8-12-7-13(16)9-18-15(12)19(4)14-5-6-20-11(14)3/h7,9-11,14,17H,5-6,8H2,1-4H3. The minimum Gasteiger partial charge on any atom is -0.376 e. The molecule has 1 saturated heterocycles. The summed E-state index contributed by atoms with van der Waals surface area (Å²) in [6, 6.07) is 2.21. The molecular weight excluding hydrogens is 257 g/mol. The number of likely N-dealkylation sites (N-methyl/N-ethyl adjacent to an activating group) is 1. The van der Waals surface area contributed by atoms with Crippen LogP contribution in [-0.2, 0) is 11.3 Å². The minimum absolute atomic E-state index is 0.178. The second-order valence-electron chi connectivity index (χ2n) is 5.71. The fraction of sp³-hybridized carbons (Fsp3) is 0.667. The van der Waals surface area contributed by atoms with E-state index in [-0.39, 0.29) is 11.9 Å². The van der Waals surface area contributed by atoms with Gasteiger partial charge >= 0.3 is 0 Å². The second-order valence-corrected chi connectivity index (χ2v) is 5.71. The van der Waals surface area contributed by atoms with Gasteiger partial charge in [-0.3, -0.25) is 0 Å². The summed E-state index contributed by atoms with van der Waals surface area (Å²) < 4.78 is 19.1. The van der Waals surface area contributed by atoms with Gasteiger partial charge in [-0.2, -0.15) is 0 Å². The van der Waals surface area contributed by atoms with Gasteiger partial charge in [0, 0.05) is 31.8 Å². The molecule has 1 aliphatic heterocycles. The van der Waals surface area contributed by atoms with E-state index in [1.807, 2.05) is 7.05 Å². The van der Waals surface area contributed by atoms with E-state index in [0.717, 1.165) is 24.4 Å². The Kier molecular flexibility index (Phi) is 4.94. The van der Waals surface area contributed by atoms with Gasteiger partial charge in [-0.1, -0.05) is 13.8 Å². The van der Waals surface area contributed by atoms with Crippen LogP contribution in [-0.4, -0.2) is 36.8 Å². The van der Waals surface area contributed by atoms with Crippen LogP contribution < -0.4 is 10.2 Å².